The van der Waals surface area contributed by atoms with Crippen LogP contribution in [0.15, 0.2) is 65.1 Å². The van der Waals surface area contributed by atoms with Gasteiger partial charge in [0, 0.05) is 38.9 Å². The highest BCUT2D eigenvalue weighted by Gasteiger charge is 2.26. The second-order valence-electron chi connectivity index (χ2n) is 8.54. The summed E-state index contributed by atoms with van der Waals surface area (Å²) in [5.41, 5.74) is 3.80. The molecule has 0 aliphatic rings. The molecule has 3 nitrogen and oxygen atoms in total. The van der Waals surface area contributed by atoms with E-state index in [9.17, 15) is 1.37 Å². The standard InChI is InChI=1S/C31H29N2O/c1-18(2)25-17-27(33(7)21(5)20(25)4)28-19(3)13-14-24-29-23(22-11-9-8-10-12-22)15-16-26(32-6)31(29)34-30(24)28/h8-18H,1-5,7H3/q+1/i1D3,4D3,17D,18D. The van der Waals surface area contributed by atoms with Gasteiger partial charge in [0.15, 0.2) is 5.69 Å². The van der Waals surface area contributed by atoms with Crippen molar-refractivity contribution in [3.8, 4) is 22.4 Å². The van der Waals surface area contributed by atoms with Gasteiger partial charge in [0.05, 0.1) is 13.5 Å². The molecule has 0 aliphatic carbocycles. The summed E-state index contributed by atoms with van der Waals surface area (Å²) in [5.74, 6) is -2.39. The topological polar surface area (TPSA) is 21.4 Å². The van der Waals surface area contributed by atoms with Crippen LogP contribution in [0.2, 0.25) is 0 Å². The highest BCUT2D eigenvalue weighted by atomic mass is 16.3. The maximum absolute atomic E-state index is 9.31. The van der Waals surface area contributed by atoms with Gasteiger partial charge in [-0.15, -0.1) is 0 Å². The van der Waals surface area contributed by atoms with Gasteiger partial charge >= 0.3 is 0 Å². The van der Waals surface area contributed by atoms with Gasteiger partial charge in [-0.05, 0) is 41.9 Å². The van der Waals surface area contributed by atoms with Crippen LogP contribution in [-0.4, -0.2) is 0 Å². The minimum Gasteiger partial charge on any atom is -0.466 e. The molecule has 0 saturated heterocycles. The zero-order valence-corrected chi connectivity index (χ0v) is 19.5. The predicted molar refractivity (Wildman–Crippen MR) is 140 cm³/mol. The molecule has 0 radical (unpaired) electrons. The summed E-state index contributed by atoms with van der Waals surface area (Å²) in [7, 11) is 1.62. The van der Waals surface area contributed by atoms with Crippen molar-refractivity contribution in [2.45, 2.75) is 40.4 Å². The molecule has 5 rings (SSSR count). The summed E-state index contributed by atoms with van der Waals surface area (Å²) in [5, 5.41) is 1.42. The van der Waals surface area contributed by atoms with E-state index in [0.29, 0.717) is 33.4 Å². The fourth-order valence-electron chi connectivity index (χ4n) is 4.56. The van der Waals surface area contributed by atoms with Crippen molar-refractivity contribution in [3.05, 3.63) is 94.4 Å². The Kier molecular flexibility index (Phi) is 3.45. The van der Waals surface area contributed by atoms with Crippen molar-refractivity contribution in [1.29, 1.82) is 0 Å². The van der Waals surface area contributed by atoms with E-state index in [0.717, 1.165) is 23.4 Å². The molecule has 168 valence electrons. The van der Waals surface area contributed by atoms with E-state index in [2.05, 4.69) is 4.85 Å². The highest BCUT2D eigenvalue weighted by molar-refractivity contribution is 6.18. The third kappa shape index (κ3) is 3.22. The first-order chi connectivity index (χ1) is 19.5. The molecule has 1 atom stereocenters. The minimum absolute atomic E-state index is 0.220. The summed E-state index contributed by atoms with van der Waals surface area (Å²) in [6, 6.07) is 16.7. The van der Waals surface area contributed by atoms with Crippen LogP contribution in [-0.2, 0) is 7.05 Å². The van der Waals surface area contributed by atoms with Gasteiger partial charge in [-0.3, -0.25) is 0 Å². The molecule has 3 heteroatoms. The van der Waals surface area contributed by atoms with Gasteiger partial charge in [0.2, 0.25) is 11.4 Å². The fourth-order valence-corrected chi connectivity index (χ4v) is 4.56. The molecule has 5 aromatic rings. The van der Waals surface area contributed by atoms with E-state index in [4.69, 9.17) is 20.6 Å². The average molecular weight is 454 g/mol. The quantitative estimate of drug-likeness (QED) is 0.199. The molecule has 0 saturated carbocycles. The minimum atomic E-state index is -2.91. The maximum atomic E-state index is 9.31. The number of furan rings is 1. The number of benzene rings is 3. The number of nitrogens with zero attached hydrogens (tertiary/aromatic N) is 2. The van der Waals surface area contributed by atoms with Gasteiger partial charge in [0.25, 0.3) is 0 Å². The van der Waals surface area contributed by atoms with Crippen LogP contribution < -0.4 is 4.57 Å². The van der Waals surface area contributed by atoms with Crippen LogP contribution in [0.1, 0.15) is 53.0 Å². The van der Waals surface area contributed by atoms with Crippen LogP contribution in [0.4, 0.5) is 5.69 Å². The average Bonchev–Trinajstić information content (AvgIpc) is 3.30. The van der Waals surface area contributed by atoms with Gasteiger partial charge in [-0.2, -0.15) is 4.57 Å². The zero-order chi connectivity index (χ0) is 30.9. The third-order valence-electron chi connectivity index (χ3n) is 6.49. The Morgan fingerprint density at radius 2 is 1.88 bits per heavy atom. The molecule has 3 aromatic carbocycles. The number of fused-ring (bicyclic) bond motifs is 3. The Bertz CT molecular complexity index is 1930. The second-order valence-corrected chi connectivity index (χ2v) is 8.54. The van der Waals surface area contributed by atoms with Crippen molar-refractivity contribution in [3.63, 3.8) is 0 Å². The molecule has 0 fully saturated rings. The van der Waals surface area contributed by atoms with Crippen LogP contribution in [0.25, 0.3) is 49.2 Å². The Labute approximate surface area is 212 Å². The molecular weight excluding hydrogens is 416 g/mol. The van der Waals surface area contributed by atoms with Crippen LogP contribution in [0.3, 0.4) is 0 Å². The Morgan fingerprint density at radius 1 is 1.09 bits per heavy atom. The monoisotopic (exact) mass is 453 g/mol. The summed E-state index contributed by atoms with van der Waals surface area (Å²) in [6.45, 7) is 6.60. The molecule has 34 heavy (non-hydrogen) atoms. The lowest BCUT2D eigenvalue weighted by Crippen LogP contribution is -2.36. The normalized spacial score (nSPS) is 17.4. The molecule has 2 aromatic heterocycles. The smallest absolute Gasteiger partial charge is 0.229 e. The first kappa shape index (κ1) is 14.4. The van der Waals surface area contributed by atoms with E-state index in [1.165, 1.54) is 0 Å². The lowest BCUT2D eigenvalue weighted by atomic mass is 9.92. The molecular formula is C31H29N2O+. The first-order valence-corrected chi connectivity index (χ1v) is 11.0. The summed E-state index contributed by atoms with van der Waals surface area (Å²) in [4.78, 5) is 3.68. The number of aromatic nitrogens is 1. The van der Waals surface area contributed by atoms with E-state index in [1.807, 2.05) is 55.5 Å². The van der Waals surface area contributed by atoms with Crippen molar-refractivity contribution >= 4 is 27.6 Å². The van der Waals surface area contributed by atoms with E-state index < -0.39 is 19.6 Å². The molecule has 0 N–H and O–H groups in total. The molecule has 0 bridgehead atoms. The summed E-state index contributed by atoms with van der Waals surface area (Å²) >= 11 is 0. The van der Waals surface area contributed by atoms with Crippen LogP contribution >= 0.6 is 0 Å². The van der Waals surface area contributed by atoms with Gasteiger partial charge in [0.1, 0.15) is 18.2 Å². The molecule has 0 aliphatic heterocycles. The molecule has 0 spiro atoms. The largest absolute Gasteiger partial charge is 0.466 e. The number of aryl methyl sites for hydroxylation is 1. The fraction of sp³-hybridized carbons (Fsp3) is 0.226. The van der Waals surface area contributed by atoms with Gasteiger partial charge < -0.3 is 4.42 Å². The third-order valence-corrected chi connectivity index (χ3v) is 6.49. The van der Waals surface area contributed by atoms with Crippen molar-refractivity contribution < 1.29 is 20.0 Å². The highest BCUT2D eigenvalue weighted by Crippen LogP contribution is 2.44. The van der Waals surface area contributed by atoms with Crippen molar-refractivity contribution in [2.75, 3.05) is 0 Å². The molecule has 1 unspecified atom stereocenters. The number of pyridine rings is 1. The van der Waals surface area contributed by atoms with Crippen molar-refractivity contribution in [1.82, 2.24) is 0 Å². The Balaban J connectivity index is 1.99. The summed E-state index contributed by atoms with van der Waals surface area (Å²) in [6.07, 6.45) is 0. The number of hydrogen-bond donors (Lipinski definition) is 0. The molecule has 0 amide bonds. The van der Waals surface area contributed by atoms with Crippen LogP contribution in [0, 0.1) is 27.3 Å². The second kappa shape index (κ2) is 8.15. The summed E-state index contributed by atoms with van der Waals surface area (Å²) < 4.78 is 75.2. The van der Waals surface area contributed by atoms with E-state index >= 15 is 0 Å². The molecule has 2 heterocycles. The lowest BCUT2D eigenvalue weighted by Gasteiger charge is -2.15. The Hall–Kier alpha value is -3.90. The zero-order valence-electron chi connectivity index (χ0n) is 27.5. The lowest BCUT2D eigenvalue weighted by molar-refractivity contribution is -0.667. The van der Waals surface area contributed by atoms with Gasteiger partial charge in [-0.25, -0.2) is 4.85 Å². The van der Waals surface area contributed by atoms with Gasteiger partial charge in [-0.1, -0.05) is 68.4 Å². The predicted octanol–water partition coefficient (Wildman–Crippen LogP) is 8.34. The maximum Gasteiger partial charge on any atom is 0.229 e. The van der Waals surface area contributed by atoms with E-state index in [-0.39, 0.29) is 28.6 Å². The Morgan fingerprint density at radius 3 is 2.59 bits per heavy atom. The van der Waals surface area contributed by atoms with Crippen LogP contribution in [0.5, 0.6) is 0 Å². The number of hydrogen-bond acceptors (Lipinski definition) is 1. The number of rotatable bonds is 3. The van der Waals surface area contributed by atoms with E-state index in [1.54, 1.807) is 24.6 Å². The first-order valence-electron chi connectivity index (χ1n) is 15.0. The van der Waals surface area contributed by atoms with Crippen molar-refractivity contribution in [2.24, 2.45) is 7.05 Å². The SMILES string of the molecule is [2H]c1c(C([2H])(C)C([2H])([2H])[2H])c(C([2H])([2H])[2H])c(C)[n+](C)c1-c1c(C)ccc2c1oc1c([N+]#[C-])ccc(-c3ccccc3)c12.